The molecule has 0 amide bonds. The van der Waals surface area contributed by atoms with Gasteiger partial charge >= 0.3 is 0 Å². The second-order valence-electron chi connectivity index (χ2n) is 8.29. The third-order valence-electron chi connectivity index (χ3n) is 6.21. The Hall–Kier alpha value is -2.78. The highest BCUT2D eigenvalue weighted by atomic mass is 31.1. The largest absolute Gasteiger partial charge is 0.0763 e. The standard InChI is InChI=1S/C31H28P2/c1-25(32(26-15-6-2-7-16-26)27-17-8-3-9-18-27)30-23-14-24-31(30)33(28-19-10-4-11-20-28)29-21-12-5-13-22-29/h2-25,30H,1H3. The lowest BCUT2D eigenvalue weighted by molar-refractivity contribution is 0.785. The molecule has 4 aromatic rings. The molecule has 162 valence electrons. The molecule has 0 bridgehead atoms. The van der Waals surface area contributed by atoms with Gasteiger partial charge in [-0.05, 0) is 48.0 Å². The van der Waals surface area contributed by atoms with Crippen LogP contribution in [-0.2, 0) is 0 Å². The van der Waals surface area contributed by atoms with Crippen LogP contribution < -0.4 is 21.2 Å². The Kier molecular flexibility index (Phi) is 6.97. The first-order chi connectivity index (χ1) is 16.3. The van der Waals surface area contributed by atoms with Gasteiger partial charge in [-0.25, -0.2) is 0 Å². The van der Waals surface area contributed by atoms with Crippen LogP contribution in [0.5, 0.6) is 0 Å². The van der Waals surface area contributed by atoms with Gasteiger partial charge in [0.15, 0.2) is 0 Å². The van der Waals surface area contributed by atoms with Crippen LogP contribution in [0.3, 0.4) is 0 Å². The van der Waals surface area contributed by atoms with Crippen molar-refractivity contribution >= 4 is 37.1 Å². The second-order valence-corrected chi connectivity index (χ2v) is 13.1. The van der Waals surface area contributed by atoms with Gasteiger partial charge in [0.25, 0.3) is 0 Å². The molecule has 0 aliphatic heterocycles. The van der Waals surface area contributed by atoms with E-state index in [-0.39, 0.29) is 0 Å². The zero-order valence-electron chi connectivity index (χ0n) is 18.8. The summed E-state index contributed by atoms with van der Waals surface area (Å²) in [5, 5.41) is 7.32. The van der Waals surface area contributed by atoms with E-state index >= 15 is 0 Å². The molecule has 1 aliphatic carbocycles. The summed E-state index contributed by atoms with van der Waals surface area (Å²) in [5.41, 5.74) is 0.493. The Bertz CT molecular complexity index is 1140. The molecule has 0 fully saturated rings. The summed E-state index contributed by atoms with van der Waals surface area (Å²) in [6.07, 6.45) is 7.14. The van der Waals surface area contributed by atoms with E-state index in [2.05, 4.69) is 146 Å². The van der Waals surface area contributed by atoms with Crippen LogP contribution in [0.4, 0.5) is 0 Å². The van der Waals surface area contributed by atoms with Crippen molar-refractivity contribution in [3.05, 3.63) is 145 Å². The van der Waals surface area contributed by atoms with Gasteiger partial charge in [0.05, 0.1) is 0 Å². The molecule has 5 rings (SSSR count). The van der Waals surface area contributed by atoms with Crippen molar-refractivity contribution in [1.29, 1.82) is 0 Å². The predicted molar refractivity (Wildman–Crippen MR) is 148 cm³/mol. The summed E-state index contributed by atoms with van der Waals surface area (Å²) in [4.78, 5) is 0. The number of hydrogen-bond donors (Lipinski definition) is 0. The first-order valence-electron chi connectivity index (χ1n) is 11.5. The minimum atomic E-state index is -0.577. The molecule has 0 nitrogen and oxygen atoms in total. The fraction of sp³-hybridized carbons (Fsp3) is 0.0968. The molecule has 2 atom stereocenters. The van der Waals surface area contributed by atoms with Gasteiger partial charge in [0.2, 0.25) is 0 Å². The van der Waals surface area contributed by atoms with Crippen LogP contribution in [0.2, 0.25) is 0 Å². The number of benzene rings is 4. The van der Waals surface area contributed by atoms with Crippen molar-refractivity contribution in [1.82, 2.24) is 0 Å². The van der Waals surface area contributed by atoms with Gasteiger partial charge in [-0.3, -0.25) is 0 Å². The number of rotatable bonds is 7. The smallest absolute Gasteiger partial charge is 0.0103 e. The molecule has 0 heterocycles. The first kappa shape index (κ1) is 22.0. The molecule has 0 spiro atoms. The number of allylic oxidation sites excluding steroid dienone is 4. The Balaban J connectivity index is 1.56. The van der Waals surface area contributed by atoms with Gasteiger partial charge < -0.3 is 0 Å². The molecular formula is C31H28P2. The summed E-state index contributed by atoms with van der Waals surface area (Å²) >= 11 is 0. The van der Waals surface area contributed by atoms with Crippen LogP contribution in [0.15, 0.2) is 145 Å². The van der Waals surface area contributed by atoms with Gasteiger partial charge in [0.1, 0.15) is 0 Å². The monoisotopic (exact) mass is 462 g/mol. The van der Waals surface area contributed by atoms with Crippen LogP contribution in [0.1, 0.15) is 6.92 Å². The van der Waals surface area contributed by atoms with E-state index in [1.165, 1.54) is 21.2 Å². The molecule has 0 aromatic heterocycles. The molecule has 2 unspecified atom stereocenters. The lowest BCUT2D eigenvalue weighted by Crippen LogP contribution is -2.27. The third-order valence-corrected chi connectivity index (χ3v) is 11.6. The summed E-state index contributed by atoms with van der Waals surface area (Å²) in [6.45, 7) is 2.46. The summed E-state index contributed by atoms with van der Waals surface area (Å²) in [7, 11) is -1.07. The molecule has 1 aliphatic rings. The molecule has 4 aromatic carbocycles. The van der Waals surface area contributed by atoms with Crippen LogP contribution in [0, 0.1) is 5.92 Å². The second kappa shape index (κ2) is 10.4. The third kappa shape index (κ3) is 4.79. The van der Waals surface area contributed by atoms with Gasteiger partial charge in [-0.2, -0.15) is 0 Å². The highest BCUT2D eigenvalue weighted by Gasteiger charge is 2.34. The van der Waals surface area contributed by atoms with Crippen LogP contribution in [0.25, 0.3) is 0 Å². The average molecular weight is 463 g/mol. The summed E-state index contributed by atoms with van der Waals surface area (Å²) < 4.78 is 0. The Labute approximate surface area is 200 Å². The first-order valence-corrected chi connectivity index (χ1v) is 14.3. The minimum absolute atomic E-state index is 0.419. The normalized spacial score (nSPS) is 16.2. The Morgan fingerprint density at radius 3 is 1.36 bits per heavy atom. The SMILES string of the molecule is CC(C1C=CC=C1P(c1ccccc1)c1ccccc1)P(c1ccccc1)c1ccccc1. The lowest BCUT2D eigenvalue weighted by atomic mass is 10.1. The average Bonchev–Trinajstić information content (AvgIpc) is 3.36. The fourth-order valence-electron chi connectivity index (χ4n) is 4.67. The van der Waals surface area contributed by atoms with Gasteiger partial charge in [-0.15, -0.1) is 0 Å². The maximum absolute atomic E-state index is 2.46. The summed E-state index contributed by atoms with van der Waals surface area (Å²) in [6, 6.07) is 44.4. The fourth-order valence-corrected chi connectivity index (χ4v) is 10.3. The molecule has 2 heteroatoms. The topological polar surface area (TPSA) is 0 Å². The van der Waals surface area contributed by atoms with E-state index < -0.39 is 15.8 Å². The van der Waals surface area contributed by atoms with E-state index in [0.717, 1.165) is 0 Å². The molecular weight excluding hydrogens is 434 g/mol. The molecule has 0 saturated heterocycles. The maximum atomic E-state index is 2.46. The van der Waals surface area contributed by atoms with Crippen molar-refractivity contribution in [2.45, 2.75) is 12.6 Å². The zero-order chi connectivity index (χ0) is 22.5. The van der Waals surface area contributed by atoms with E-state index in [4.69, 9.17) is 0 Å². The van der Waals surface area contributed by atoms with Crippen molar-refractivity contribution in [2.24, 2.45) is 5.92 Å². The highest BCUT2D eigenvalue weighted by molar-refractivity contribution is 7.77. The Morgan fingerprint density at radius 1 is 0.545 bits per heavy atom. The van der Waals surface area contributed by atoms with E-state index in [1.807, 2.05) is 0 Å². The van der Waals surface area contributed by atoms with Gasteiger partial charge in [0, 0.05) is 5.92 Å². The van der Waals surface area contributed by atoms with Gasteiger partial charge in [-0.1, -0.05) is 146 Å². The molecule has 33 heavy (non-hydrogen) atoms. The van der Waals surface area contributed by atoms with E-state index in [9.17, 15) is 0 Å². The Morgan fingerprint density at radius 2 is 0.939 bits per heavy atom. The zero-order valence-corrected chi connectivity index (χ0v) is 20.6. The maximum Gasteiger partial charge on any atom is 0.0103 e. The lowest BCUT2D eigenvalue weighted by Gasteiger charge is -2.34. The predicted octanol–water partition coefficient (Wildman–Crippen LogP) is 6.71. The van der Waals surface area contributed by atoms with E-state index in [0.29, 0.717) is 11.6 Å². The van der Waals surface area contributed by atoms with Crippen LogP contribution >= 0.6 is 15.8 Å². The quantitative estimate of drug-likeness (QED) is 0.268. The van der Waals surface area contributed by atoms with Crippen molar-refractivity contribution in [3.8, 4) is 0 Å². The number of hydrogen-bond acceptors (Lipinski definition) is 0. The van der Waals surface area contributed by atoms with Crippen molar-refractivity contribution < 1.29 is 0 Å². The van der Waals surface area contributed by atoms with E-state index in [1.54, 1.807) is 5.31 Å². The van der Waals surface area contributed by atoms with Crippen LogP contribution in [-0.4, -0.2) is 5.66 Å². The highest BCUT2D eigenvalue weighted by Crippen LogP contribution is 2.55. The molecule has 0 saturated carbocycles. The summed E-state index contributed by atoms with van der Waals surface area (Å²) in [5.74, 6) is 0.419. The van der Waals surface area contributed by atoms with Crippen molar-refractivity contribution in [2.75, 3.05) is 0 Å². The minimum Gasteiger partial charge on any atom is -0.0763 e. The molecule has 0 radical (unpaired) electrons. The molecule has 0 N–H and O–H groups in total. The van der Waals surface area contributed by atoms with Crippen molar-refractivity contribution in [3.63, 3.8) is 0 Å².